The summed E-state index contributed by atoms with van der Waals surface area (Å²) in [5, 5.41) is 0.210. The van der Waals surface area contributed by atoms with Crippen LogP contribution in [0.2, 0.25) is 5.02 Å². The molecule has 106 valence electrons. The molecule has 2 aromatic rings. The maximum absolute atomic E-state index is 13.2. The minimum absolute atomic E-state index is 0.0898. The number of hydrogen-bond donors (Lipinski definition) is 1. The number of sulfone groups is 1. The molecule has 0 unspecified atom stereocenters. The Balaban J connectivity index is 2.43. The van der Waals surface area contributed by atoms with Crippen LogP contribution in [-0.2, 0) is 15.6 Å². The second-order valence-corrected chi connectivity index (χ2v) is 7.40. The Morgan fingerprint density at radius 1 is 1.20 bits per heavy atom. The van der Waals surface area contributed by atoms with Crippen LogP contribution in [0.1, 0.15) is 5.56 Å². The Labute approximate surface area is 129 Å². The molecule has 0 aliphatic rings. The van der Waals surface area contributed by atoms with Crippen LogP contribution < -0.4 is 5.73 Å². The Morgan fingerprint density at radius 2 is 1.90 bits per heavy atom. The van der Waals surface area contributed by atoms with Crippen molar-refractivity contribution >= 4 is 43.1 Å². The molecule has 0 aliphatic heterocycles. The van der Waals surface area contributed by atoms with Crippen LogP contribution in [0.15, 0.2) is 45.8 Å². The van der Waals surface area contributed by atoms with Gasteiger partial charge in [0.05, 0.1) is 10.6 Å². The van der Waals surface area contributed by atoms with Gasteiger partial charge in [-0.3, -0.25) is 0 Å². The Bertz CT molecular complexity index is 765. The molecule has 20 heavy (non-hydrogen) atoms. The molecule has 0 aliphatic carbocycles. The van der Waals surface area contributed by atoms with Crippen molar-refractivity contribution < 1.29 is 12.8 Å². The Morgan fingerprint density at radius 3 is 2.55 bits per heavy atom. The second-order valence-electron chi connectivity index (χ2n) is 4.18. The predicted octanol–water partition coefficient (Wildman–Crippen LogP) is 3.80. The number of nitrogen functional groups attached to an aromatic ring is 1. The standard InChI is InChI=1S/C13H10BrClFNO2S/c14-11-6-10(17)2-4-13(11)20(18,19)7-8-5-9(16)1-3-12(8)15/h1-6H,7,17H2. The molecule has 2 aromatic carbocycles. The summed E-state index contributed by atoms with van der Waals surface area (Å²) in [5.74, 6) is -0.914. The van der Waals surface area contributed by atoms with Gasteiger partial charge in [0.25, 0.3) is 0 Å². The van der Waals surface area contributed by atoms with Gasteiger partial charge in [-0.15, -0.1) is 0 Å². The molecule has 0 radical (unpaired) electrons. The van der Waals surface area contributed by atoms with E-state index < -0.39 is 15.7 Å². The smallest absolute Gasteiger partial charge is 0.183 e. The van der Waals surface area contributed by atoms with Gasteiger partial charge in [-0.05, 0) is 57.9 Å². The largest absolute Gasteiger partial charge is 0.399 e. The third-order valence-electron chi connectivity index (χ3n) is 2.64. The number of benzene rings is 2. The van der Waals surface area contributed by atoms with Gasteiger partial charge in [0, 0.05) is 15.2 Å². The normalized spacial score (nSPS) is 11.6. The third-order valence-corrected chi connectivity index (χ3v) is 5.65. The Kier molecular flexibility index (Phi) is 4.36. The van der Waals surface area contributed by atoms with Crippen LogP contribution >= 0.6 is 27.5 Å². The average Bonchev–Trinajstić information content (AvgIpc) is 2.33. The molecule has 0 fully saturated rings. The summed E-state index contributed by atoms with van der Waals surface area (Å²) < 4.78 is 38.2. The second kappa shape index (κ2) is 5.71. The highest BCUT2D eigenvalue weighted by molar-refractivity contribution is 9.10. The molecule has 0 heterocycles. The third kappa shape index (κ3) is 3.31. The lowest BCUT2D eigenvalue weighted by Gasteiger charge is -2.09. The summed E-state index contributed by atoms with van der Waals surface area (Å²) in [7, 11) is -3.65. The first-order valence-electron chi connectivity index (χ1n) is 5.51. The molecule has 0 aromatic heterocycles. The number of nitrogens with two attached hydrogens (primary N) is 1. The average molecular weight is 379 g/mol. The minimum Gasteiger partial charge on any atom is -0.399 e. The van der Waals surface area contributed by atoms with Gasteiger partial charge in [0.2, 0.25) is 0 Å². The summed E-state index contributed by atoms with van der Waals surface area (Å²) in [6.07, 6.45) is 0. The lowest BCUT2D eigenvalue weighted by molar-refractivity contribution is 0.594. The fraction of sp³-hybridized carbons (Fsp3) is 0.0769. The molecule has 0 spiro atoms. The zero-order valence-corrected chi connectivity index (χ0v) is 13.3. The molecule has 3 nitrogen and oxygen atoms in total. The van der Waals surface area contributed by atoms with Crippen molar-refractivity contribution in [3.63, 3.8) is 0 Å². The number of rotatable bonds is 3. The van der Waals surface area contributed by atoms with Gasteiger partial charge in [0.15, 0.2) is 9.84 Å². The van der Waals surface area contributed by atoms with Gasteiger partial charge in [-0.1, -0.05) is 11.6 Å². The lowest BCUT2D eigenvalue weighted by Crippen LogP contribution is -2.07. The fourth-order valence-corrected chi connectivity index (χ4v) is 4.54. The van der Waals surface area contributed by atoms with Crippen LogP contribution in [0.4, 0.5) is 10.1 Å². The first kappa shape index (κ1) is 15.3. The van der Waals surface area contributed by atoms with Gasteiger partial charge in [-0.2, -0.15) is 0 Å². The highest BCUT2D eigenvalue weighted by Crippen LogP contribution is 2.29. The first-order chi connectivity index (χ1) is 9.29. The summed E-state index contributed by atoms with van der Waals surface area (Å²) in [6, 6.07) is 8.02. The molecule has 0 saturated heterocycles. The van der Waals surface area contributed by atoms with Gasteiger partial charge in [-0.25, -0.2) is 12.8 Å². The summed E-state index contributed by atoms with van der Waals surface area (Å²) in [5.41, 5.74) is 6.23. The summed E-state index contributed by atoms with van der Waals surface area (Å²) in [6.45, 7) is 0. The van der Waals surface area contributed by atoms with E-state index in [0.717, 1.165) is 6.07 Å². The van der Waals surface area contributed by atoms with E-state index in [0.29, 0.717) is 10.2 Å². The van der Waals surface area contributed by atoms with Gasteiger partial charge in [0.1, 0.15) is 5.82 Å². The van der Waals surface area contributed by atoms with Crippen LogP contribution in [0, 0.1) is 5.82 Å². The van der Waals surface area contributed by atoms with E-state index in [2.05, 4.69) is 15.9 Å². The van der Waals surface area contributed by atoms with Crippen molar-refractivity contribution in [2.24, 2.45) is 0 Å². The number of hydrogen-bond acceptors (Lipinski definition) is 3. The van der Waals surface area contributed by atoms with Crippen molar-refractivity contribution in [1.29, 1.82) is 0 Å². The Hall–Kier alpha value is -1.11. The zero-order chi connectivity index (χ0) is 14.9. The van der Waals surface area contributed by atoms with E-state index in [-0.39, 0.29) is 21.2 Å². The minimum atomic E-state index is -3.65. The number of halogens is 3. The lowest BCUT2D eigenvalue weighted by atomic mass is 10.2. The number of anilines is 1. The van der Waals surface area contributed by atoms with Crippen molar-refractivity contribution in [3.05, 3.63) is 57.3 Å². The molecule has 2 rings (SSSR count). The molecule has 0 amide bonds. The van der Waals surface area contributed by atoms with E-state index in [1.54, 1.807) is 0 Å². The van der Waals surface area contributed by atoms with Crippen LogP contribution in [-0.4, -0.2) is 8.42 Å². The summed E-state index contributed by atoms with van der Waals surface area (Å²) in [4.78, 5) is 0.0898. The van der Waals surface area contributed by atoms with E-state index >= 15 is 0 Å². The van der Waals surface area contributed by atoms with Gasteiger partial charge >= 0.3 is 0 Å². The van der Waals surface area contributed by atoms with Crippen molar-refractivity contribution in [3.8, 4) is 0 Å². The van der Waals surface area contributed by atoms with Crippen molar-refractivity contribution in [1.82, 2.24) is 0 Å². The predicted molar refractivity (Wildman–Crippen MR) is 80.9 cm³/mol. The van der Waals surface area contributed by atoms with E-state index in [1.807, 2.05) is 0 Å². The molecule has 0 atom stereocenters. The molecule has 0 bridgehead atoms. The quantitative estimate of drug-likeness (QED) is 0.827. The monoisotopic (exact) mass is 377 g/mol. The summed E-state index contributed by atoms with van der Waals surface area (Å²) >= 11 is 9.05. The fourth-order valence-electron chi connectivity index (χ4n) is 1.71. The van der Waals surface area contributed by atoms with Crippen LogP contribution in [0.3, 0.4) is 0 Å². The molecular formula is C13H10BrClFNO2S. The maximum atomic E-state index is 13.2. The molecule has 0 saturated carbocycles. The van der Waals surface area contributed by atoms with Gasteiger partial charge < -0.3 is 5.73 Å². The highest BCUT2D eigenvalue weighted by atomic mass is 79.9. The van der Waals surface area contributed by atoms with E-state index in [4.69, 9.17) is 17.3 Å². The first-order valence-corrected chi connectivity index (χ1v) is 8.33. The van der Waals surface area contributed by atoms with Crippen LogP contribution in [0.5, 0.6) is 0 Å². The van der Waals surface area contributed by atoms with E-state index in [9.17, 15) is 12.8 Å². The van der Waals surface area contributed by atoms with Crippen molar-refractivity contribution in [2.45, 2.75) is 10.6 Å². The maximum Gasteiger partial charge on any atom is 0.183 e. The van der Waals surface area contributed by atoms with E-state index in [1.165, 1.54) is 30.3 Å². The highest BCUT2D eigenvalue weighted by Gasteiger charge is 2.20. The molecular weight excluding hydrogens is 369 g/mol. The molecule has 7 heteroatoms. The zero-order valence-electron chi connectivity index (χ0n) is 10.1. The van der Waals surface area contributed by atoms with Crippen LogP contribution in [0.25, 0.3) is 0 Å². The SMILES string of the molecule is Nc1ccc(S(=O)(=O)Cc2cc(F)ccc2Cl)c(Br)c1. The topological polar surface area (TPSA) is 60.2 Å². The molecule has 2 N–H and O–H groups in total. The van der Waals surface area contributed by atoms with Crippen molar-refractivity contribution in [2.75, 3.05) is 5.73 Å².